The lowest BCUT2D eigenvalue weighted by molar-refractivity contribution is -0.307. The summed E-state index contributed by atoms with van der Waals surface area (Å²) in [7, 11) is 0. The topological polar surface area (TPSA) is 102 Å². The third kappa shape index (κ3) is 4.71. The van der Waals surface area contributed by atoms with Gasteiger partial charge >= 0.3 is 0 Å². The average Bonchev–Trinajstić information content (AvgIpc) is 3.02. The van der Waals surface area contributed by atoms with Crippen LogP contribution >= 0.6 is 27.3 Å². The van der Waals surface area contributed by atoms with Gasteiger partial charge in [-0.1, -0.05) is 42.5 Å². The lowest BCUT2D eigenvalue weighted by Crippen LogP contribution is -2.29. The molecule has 0 atom stereocenters. The maximum absolute atomic E-state index is 11.4. The Hall–Kier alpha value is -2.84. The second-order valence-corrected chi connectivity index (χ2v) is 7.59. The summed E-state index contributed by atoms with van der Waals surface area (Å²) in [5.74, 6) is -2.97. The predicted molar refractivity (Wildman–Crippen MR) is 106 cm³/mol. The Labute approximate surface area is 173 Å². The number of benzene rings is 2. The first-order chi connectivity index (χ1) is 13.5. The van der Waals surface area contributed by atoms with Gasteiger partial charge in [0.1, 0.15) is 6.61 Å². The molecule has 0 fully saturated rings. The number of carboxylic acid groups (broad SMARTS) is 2. The highest BCUT2D eigenvalue weighted by molar-refractivity contribution is 9.10. The fourth-order valence-corrected chi connectivity index (χ4v) is 4.43. The lowest BCUT2D eigenvalue weighted by Gasteiger charge is -2.09. The Morgan fingerprint density at radius 1 is 1.07 bits per heavy atom. The van der Waals surface area contributed by atoms with Crippen LogP contribution < -0.4 is 20.3 Å². The van der Waals surface area contributed by atoms with Gasteiger partial charge in [0.05, 0.1) is 26.2 Å². The van der Waals surface area contributed by atoms with Crippen LogP contribution in [-0.4, -0.2) is 18.5 Å². The number of aliphatic carboxylic acids is 1. The van der Waals surface area contributed by atoms with Gasteiger partial charge in [0.15, 0.2) is 5.75 Å². The van der Waals surface area contributed by atoms with E-state index in [9.17, 15) is 19.8 Å². The van der Waals surface area contributed by atoms with Crippen LogP contribution in [0.2, 0.25) is 0 Å². The fraction of sp³-hybridized carbons (Fsp3) is 0.100. The maximum atomic E-state index is 11.4. The van der Waals surface area contributed by atoms with Crippen molar-refractivity contribution in [2.45, 2.75) is 6.54 Å². The highest BCUT2D eigenvalue weighted by Gasteiger charge is 2.20. The van der Waals surface area contributed by atoms with E-state index in [2.05, 4.69) is 21.2 Å². The van der Waals surface area contributed by atoms with Crippen molar-refractivity contribution >= 4 is 44.9 Å². The van der Waals surface area contributed by atoms with E-state index in [1.807, 2.05) is 54.6 Å². The second kappa shape index (κ2) is 8.90. The van der Waals surface area contributed by atoms with Crippen LogP contribution in [0, 0.1) is 0 Å². The van der Waals surface area contributed by atoms with Crippen LogP contribution in [0.25, 0.3) is 10.4 Å². The maximum Gasteiger partial charge on any atom is 0.154 e. The number of carbonyl (C=O) groups excluding carboxylic acids is 2. The highest BCUT2D eigenvalue weighted by Crippen LogP contribution is 2.45. The number of nitrogens with one attached hydrogen (secondary N) is 1. The molecule has 0 saturated heterocycles. The number of aromatic carboxylic acids is 1. The van der Waals surface area contributed by atoms with Gasteiger partial charge in [0, 0.05) is 12.2 Å². The molecule has 0 radical (unpaired) electrons. The largest absolute Gasteiger partial charge is 0.546 e. The molecule has 28 heavy (non-hydrogen) atoms. The van der Waals surface area contributed by atoms with Crippen molar-refractivity contribution in [3.05, 3.63) is 69.5 Å². The van der Waals surface area contributed by atoms with Crippen LogP contribution in [0.3, 0.4) is 0 Å². The van der Waals surface area contributed by atoms with Crippen molar-refractivity contribution in [2.24, 2.45) is 0 Å². The molecule has 0 bridgehead atoms. The molecule has 0 aliphatic carbocycles. The summed E-state index contributed by atoms with van der Waals surface area (Å²) in [6.07, 6.45) is 0. The molecule has 8 heteroatoms. The summed E-state index contributed by atoms with van der Waals surface area (Å²) in [6, 6.07) is 17.4. The fourth-order valence-electron chi connectivity index (χ4n) is 2.55. The van der Waals surface area contributed by atoms with Crippen LogP contribution in [0.15, 0.2) is 59.1 Å². The lowest BCUT2D eigenvalue weighted by atomic mass is 10.1. The molecular formula is C20H14BrNO5S-2. The van der Waals surface area contributed by atoms with E-state index in [4.69, 9.17) is 4.74 Å². The summed E-state index contributed by atoms with van der Waals surface area (Å²) < 4.78 is 5.45. The summed E-state index contributed by atoms with van der Waals surface area (Å²) in [5.41, 5.74) is 2.73. The SMILES string of the molecule is O=C([O-])COc1c(C(=O)[O-])sc(-c2cccc(NCc3ccccc3)c2)c1Br. The molecule has 0 unspecified atom stereocenters. The van der Waals surface area contributed by atoms with Crippen molar-refractivity contribution in [3.63, 3.8) is 0 Å². The molecule has 1 heterocycles. The van der Waals surface area contributed by atoms with Gasteiger partial charge in [-0.25, -0.2) is 0 Å². The molecule has 1 aromatic heterocycles. The number of carbonyl (C=O) groups is 2. The summed E-state index contributed by atoms with van der Waals surface area (Å²) >= 11 is 4.27. The first-order valence-electron chi connectivity index (χ1n) is 8.20. The number of hydrogen-bond donors (Lipinski definition) is 1. The number of thiophene rings is 1. The number of carboxylic acids is 2. The zero-order valence-corrected chi connectivity index (χ0v) is 16.8. The third-order valence-electron chi connectivity index (χ3n) is 3.79. The van der Waals surface area contributed by atoms with Gasteiger partial charge in [-0.15, -0.1) is 11.3 Å². The third-order valence-corrected chi connectivity index (χ3v) is 6.01. The normalized spacial score (nSPS) is 10.5. The first-order valence-corrected chi connectivity index (χ1v) is 9.81. The summed E-state index contributed by atoms with van der Waals surface area (Å²) in [6.45, 7) is -0.117. The number of halogens is 1. The van der Waals surface area contributed by atoms with Gasteiger partial charge in [-0.3, -0.25) is 0 Å². The van der Waals surface area contributed by atoms with Crippen molar-refractivity contribution < 1.29 is 24.5 Å². The molecule has 0 spiro atoms. The minimum atomic E-state index is -1.45. The number of ether oxygens (including phenoxy) is 1. The van der Waals surface area contributed by atoms with Gasteiger partial charge in [-0.2, -0.15) is 0 Å². The van der Waals surface area contributed by atoms with Crippen LogP contribution in [0.4, 0.5) is 5.69 Å². The molecular weight excluding hydrogens is 446 g/mol. The predicted octanol–water partition coefficient (Wildman–Crippen LogP) is 2.28. The quantitative estimate of drug-likeness (QED) is 0.554. The van der Waals surface area contributed by atoms with Crippen LogP contribution in [0.1, 0.15) is 15.2 Å². The Bertz CT molecular complexity index is 1000. The first kappa shape index (κ1) is 19.9. The molecule has 1 N–H and O–H groups in total. The molecule has 3 aromatic rings. The Morgan fingerprint density at radius 3 is 2.50 bits per heavy atom. The molecule has 0 amide bonds. The Balaban J connectivity index is 1.87. The van der Waals surface area contributed by atoms with Crippen molar-refractivity contribution in [3.8, 4) is 16.2 Å². The minimum Gasteiger partial charge on any atom is -0.546 e. The van der Waals surface area contributed by atoms with E-state index in [-0.39, 0.29) is 10.6 Å². The Kier molecular flexibility index (Phi) is 6.33. The van der Waals surface area contributed by atoms with E-state index < -0.39 is 18.5 Å². The summed E-state index contributed by atoms with van der Waals surface area (Å²) in [5, 5.41) is 25.4. The number of rotatable bonds is 8. The smallest absolute Gasteiger partial charge is 0.154 e. The van der Waals surface area contributed by atoms with E-state index >= 15 is 0 Å². The Morgan fingerprint density at radius 2 is 1.82 bits per heavy atom. The van der Waals surface area contributed by atoms with Crippen LogP contribution in [0.5, 0.6) is 5.75 Å². The van der Waals surface area contributed by atoms with Gasteiger partial charge in [0.2, 0.25) is 0 Å². The van der Waals surface area contributed by atoms with Crippen molar-refractivity contribution in [2.75, 3.05) is 11.9 Å². The molecule has 2 aromatic carbocycles. The van der Waals surface area contributed by atoms with Gasteiger partial charge in [0.25, 0.3) is 0 Å². The molecule has 144 valence electrons. The molecule has 0 aliphatic heterocycles. The molecule has 3 rings (SSSR count). The molecule has 6 nitrogen and oxygen atoms in total. The van der Waals surface area contributed by atoms with E-state index in [0.717, 1.165) is 28.2 Å². The number of hydrogen-bond acceptors (Lipinski definition) is 7. The zero-order valence-electron chi connectivity index (χ0n) is 14.4. The molecule has 0 saturated carbocycles. The monoisotopic (exact) mass is 459 g/mol. The van der Waals surface area contributed by atoms with Gasteiger partial charge < -0.3 is 29.9 Å². The van der Waals surface area contributed by atoms with Crippen molar-refractivity contribution in [1.82, 2.24) is 0 Å². The molecule has 0 aliphatic rings. The van der Waals surface area contributed by atoms with E-state index in [0.29, 0.717) is 15.9 Å². The summed E-state index contributed by atoms with van der Waals surface area (Å²) in [4.78, 5) is 22.5. The zero-order chi connectivity index (χ0) is 20.1. The van der Waals surface area contributed by atoms with Crippen LogP contribution in [-0.2, 0) is 11.3 Å². The average molecular weight is 460 g/mol. The second-order valence-electron chi connectivity index (χ2n) is 5.77. The van der Waals surface area contributed by atoms with E-state index in [1.165, 1.54) is 0 Å². The standard InChI is InChI=1S/C20H16BrNO5S/c21-16-17(27-11-15(23)24)19(20(25)26)28-18(16)13-7-4-8-14(9-13)22-10-12-5-2-1-3-6-12/h1-9,22H,10-11H2,(H,23,24)(H,25,26)/p-2. The van der Waals surface area contributed by atoms with Crippen molar-refractivity contribution in [1.29, 1.82) is 0 Å². The van der Waals surface area contributed by atoms with Gasteiger partial charge in [-0.05, 0) is 39.2 Å². The highest BCUT2D eigenvalue weighted by atomic mass is 79.9. The number of anilines is 1. The van der Waals surface area contributed by atoms with E-state index in [1.54, 1.807) is 0 Å². The minimum absolute atomic E-state index is 0.0770.